The highest BCUT2D eigenvalue weighted by Crippen LogP contribution is 2.32. The number of carbonyl (C=O) groups is 1. The van der Waals surface area contributed by atoms with Gasteiger partial charge in [0.25, 0.3) is 0 Å². The molecule has 0 amide bonds. The third kappa shape index (κ3) is 5.22. The molecule has 6 nitrogen and oxygen atoms in total. The van der Waals surface area contributed by atoms with Gasteiger partial charge in [0.1, 0.15) is 23.0 Å². The van der Waals surface area contributed by atoms with E-state index in [0.29, 0.717) is 51.7 Å². The quantitative estimate of drug-likeness (QED) is 0.244. The van der Waals surface area contributed by atoms with E-state index in [1.54, 1.807) is 12.1 Å². The average Bonchev–Trinajstić information content (AvgIpc) is 3.47. The van der Waals surface area contributed by atoms with Crippen molar-refractivity contribution >= 4 is 34.6 Å². The van der Waals surface area contributed by atoms with Crippen LogP contribution in [-0.2, 0) is 6.42 Å². The largest absolute Gasteiger partial charge is 0.493 e. The van der Waals surface area contributed by atoms with Crippen LogP contribution < -0.4 is 4.74 Å². The van der Waals surface area contributed by atoms with Gasteiger partial charge >= 0.3 is 0 Å². The van der Waals surface area contributed by atoms with Gasteiger partial charge in [-0.1, -0.05) is 22.8 Å². The maximum absolute atomic E-state index is 12.3. The predicted octanol–water partition coefficient (Wildman–Crippen LogP) is 6.08. The molecule has 1 N–H and O–H groups in total. The zero-order valence-electron chi connectivity index (χ0n) is 18.0. The van der Waals surface area contributed by atoms with Crippen molar-refractivity contribution in [3.8, 4) is 17.0 Å². The Balaban J connectivity index is 1.48. The molecular weight excluding hydrogens is 446 g/mol. The summed E-state index contributed by atoms with van der Waals surface area (Å²) in [5.41, 5.74) is 2.31. The molecule has 1 aliphatic rings. The summed E-state index contributed by atoms with van der Waals surface area (Å²) < 4.78 is 12.0. The van der Waals surface area contributed by atoms with Crippen LogP contribution in [0.15, 0.2) is 40.9 Å². The van der Waals surface area contributed by atoms with Crippen LogP contribution in [0.1, 0.15) is 53.6 Å². The lowest BCUT2D eigenvalue weighted by Gasteiger charge is -2.29. The molecule has 1 saturated heterocycles. The number of Topliss-reactive ketones (excluding diaryl/α,β-unsaturated/α-hetero) is 1. The molecule has 0 bridgehead atoms. The van der Waals surface area contributed by atoms with Crippen LogP contribution in [0.3, 0.4) is 0 Å². The van der Waals surface area contributed by atoms with E-state index in [1.165, 1.54) is 17.8 Å². The van der Waals surface area contributed by atoms with E-state index >= 15 is 0 Å². The van der Waals surface area contributed by atoms with E-state index in [4.69, 9.17) is 26.3 Å². The zero-order chi connectivity index (χ0) is 22.5. The Bertz CT molecular complexity index is 1100. The Morgan fingerprint density at radius 3 is 2.75 bits per heavy atom. The highest BCUT2D eigenvalue weighted by atomic mass is 35.5. The molecular formula is C24H26ClN3O3S. The van der Waals surface area contributed by atoms with Gasteiger partial charge in [0.2, 0.25) is 0 Å². The maximum atomic E-state index is 12.3. The molecule has 4 rings (SSSR count). The average molecular weight is 472 g/mol. The van der Waals surface area contributed by atoms with Gasteiger partial charge in [-0.25, -0.2) is 0 Å². The van der Waals surface area contributed by atoms with Crippen molar-refractivity contribution in [3.63, 3.8) is 0 Å². The molecule has 0 aliphatic carbocycles. The van der Waals surface area contributed by atoms with Gasteiger partial charge in [-0.2, -0.15) is 0 Å². The van der Waals surface area contributed by atoms with Crippen LogP contribution in [-0.4, -0.2) is 41.4 Å². The minimum Gasteiger partial charge on any atom is -0.493 e. The number of ketones is 1. The van der Waals surface area contributed by atoms with Crippen LogP contribution >= 0.6 is 22.9 Å². The van der Waals surface area contributed by atoms with Crippen molar-refractivity contribution in [3.05, 3.63) is 56.9 Å². The molecule has 3 heterocycles. The lowest BCUT2D eigenvalue weighted by atomic mass is 10.0. The zero-order valence-corrected chi connectivity index (χ0v) is 19.6. The van der Waals surface area contributed by atoms with Crippen LogP contribution in [0.2, 0.25) is 4.34 Å². The Kier molecular flexibility index (Phi) is 7.27. The van der Waals surface area contributed by atoms with Crippen LogP contribution in [0, 0.1) is 5.41 Å². The summed E-state index contributed by atoms with van der Waals surface area (Å²) in [6.45, 7) is 4.29. The first-order chi connectivity index (χ1) is 15.5. The van der Waals surface area contributed by atoms with Gasteiger partial charge in [0, 0.05) is 43.1 Å². The molecule has 32 heavy (non-hydrogen) atoms. The van der Waals surface area contributed by atoms with E-state index in [2.05, 4.69) is 10.1 Å². The van der Waals surface area contributed by atoms with E-state index in [0.717, 1.165) is 37.1 Å². The highest BCUT2D eigenvalue weighted by Gasteiger charge is 2.19. The lowest BCUT2D eigenvalue weighted by molar-refractivity contribution is 0.0984. The first kappa shape index (κ1) is 22.6. The summed E-state index contributed by atoms with van der Waals surface area (Å²) in [6, 6.07) is 11.1. The number of carbonyl (C=O) groups excluding carboxylic acids is 1. The minimum atomic E-state index is 0.0374. The number of rotatable bonds is 8. The molecule has 8 heteroatoms. The van der Waals surface area contributed by atoms with Crippen molar-refractivity contribution < 1.29 is 14.1 Å². The second kappa shape index (κ2) is 10.3. The number of piperidine rings is 1. The van der Waals surface area contributed by atoms with E-state index in [-0.39, 0.29) is 5.78 Å². The number of nitrogens with one attached hydrogen (secondary N) is 1. The highest BCUT2D eigenvalue weighted by molar-refractivity contribution is 7.18. The summed E-state index contributed by atoms with van der Waals surface area (Å²) in [5, 5.41) is 12.8. The summed E-state index contributed by atoms with van der Waals surface area (Å²) in [5.74, 6) is 1.89. The third-order valence-electron chi connectivity index (χ3n) is 5.51. The normalized spacial score (nSPS) is 13.9. The van der Waals surface area contributed by atoms with Gasteiger partial charge in [0.05, 0.1) is 15.8 Å². The summed E-state index contributed by atoms with van der Waals surface area (Å²) >= 11 is 7.20. The monoisotopic (exact) mass is 471 g/mol. The number of ether oxygens (including phenoxy) is 1. The molecule has 1 aliphatic heterocycles. The third-order valence-corrected chi connectivity index (χ3v) is 6.78. The van der Waals surface area contributed by atoms with Gasteiger partial charge in [-0.15, -0.1) is 11.3 Å². The fraction of sp³-hybridized carbons (Fsp3) is 0.375. The minimum absolute atomic E-state index is 0.0374. The summed E-state index contributed by atoms with van der Waals surface area (Å²) in [6.07, 6.45) is 4.28. The summed E-state index contributed by atoms with van der Waals surface area (Å²) in [7, 11) is 0. The lowest BCUT2D eigenvalue weighted by Crippen LogP contribution is -2.35. The van der Waals surface area contributed by atoms with Gasteiger partial charge in [-0.05, 0) is 50.5 Å². The van der Waals surface area contributed by atoms with E-state index in [1.807, 2.05) is 31.2 Å². The van der Waals surface area contributed by atoms with E-state index < -0.39 is 0 Å². The van der Waals surface area contributed by atoms with Crippen molar-refractivity contribution in [1.29, 1.82) is 5.41 Å². The molecule has 168 valence electrons. The van der Waals surface area contributed by atoms with Gasteiger partial charge in [-0.3, -0.25) is 10.2 Å². The fourth-order valence-electron chi connectivity index (χ4n) is 3.84. The first-order valence-electron chi connectivity index (χ1n) is 10.9. The number of thiophene rings is 1. The number of amidine groups is 1. The number of hydrogen-bond acceptors (Lipinski definition) is 6. The van der Waals surface area contributed by atoms with Crippen molar-refractivity contribution in [2.75, 3.05) is 19.7 Å². The van der Waals surface area contributed by atoms with Crippen LogP contribution in [0.25, 0.3) is 11.3 Å². The van der Waals surface area contributed by atoms with Crippen molar-refractivity contribution in [2.24, 2.45) is 0 Å². The number of halogens is 1. The number of nitrogens with zero attached hydrogens (tertiary/aromatic N) is 2. The Labute approximate surface area is 196 Å². The molecule has 1 aromatic carbocycles. The Hall–Kier alpha value is -2.64. The molecule has 3 aromatic rings. The Morgan fingerprint density at radius 2 is 2.03 bits per heavy atom. The topological polar surface area (TPSA) is 79.4 Å². The van der Waals surface area contributed by atoms with Crippen molar-refractivity contribution in [1.82, 2.24) is 10.1 Å². The van der Waals surface area contributed by atoms with Gasteiger partial charge in [0.15, 0.2) is 5.78 Å². The SMILES string of the molecule is CCOc1cc(C(=N)N2CCCCC2)ccc1-c1cc(CCC(=O)c2ccc(Cl)s2)on1. The second-order valence-corrected chi connectivity index (χ2v) is 9.46. The standard InChI is InChI=1S/C24H26ClN3O3S/c1-2-30-21-14-16(24(26)28-12-4-3-5-13-28)6-8-18(21)19-15-17(31-27-19)7-9-20(29)22-10-11-23(25)32-22/h6,8,10-11,14-15,26H,2-5,7,9,12-13H2,1H3. The molecule has 0 saturated carbocycles. The number of aryl methyl sites for hydroxylation is 1. The predicted molar refractivity (Wildman–Crippen MR) is 127 cm³/mol. The molecule has 0 atom stereocenters. The number of hydrogen-bond donors (Lipinski definition) is 1. The number of likely N-dealkylation sites (tertiary alicyclic amines) is 1. The Morgan fingerprint density at radius 1 is 1.22 bits per heavy atom. The van der Waals surface area contributed by atoms with Crippen LogP contribution in [0.5, 0.6) is 5.75 Å². The number of aromatic nitrogens is 1. The first-order valence-corrected chi connectivity index (χ1v) is 12.1. The molecule has 2 aromatic heterocycles. The number of benzene rings is 1. The molecule has 0 spiro atoms. The molecule has 0 unspecified atom stereocenters. The van der Waals surface area contributed by atoms with E-state index in [9.17, 15) is 4.79 Å². The van der Waals surface area contributed by atoms with Crippen molar-refractivity contribution in [2.45, 2.75) is 39.0 Å². The summed E-state index contributed by atoms with van der Waals surface area (Å²) in [4.78, 5) is 15.1. The van der Waals surface area contributed by atoms with Gasteiger partial charge < -0.3 is 14.2 Å². The van der Waals surface area contributed by atoms with Crippen LogP contribution in [0.4, 0.5) is 0 Å². The fourth-order valence-corrected chi connectivity index (χ4v) is 4.85. The smallest absolute Gasteiger partial charge is 0.173 e. The second-order valence-electron chi connectivity index (χ2n) is 7.75. The maximum Gasteiger partial charge on any atom is 0.173 e. The molecule has 0 radical (unpaired) electrons. The molecule has 1 fully saturated rings.